The number of aromatic hydroxyl groups is 1. The molecule has 0 saturated heterocycles. The van der Waals surface area contributed by atoms with Crippen LogP contribution in [-0.2, 0) is 9.59 Å². The number of nitrogens with one attached hydrogen (secondary N) is 2. The third-order valence-electron chi connectivity index (χ3n) is 2.60. The standard InChI is InChI=1S/C15H12FN3O3/c16-11-5-3-6-12(8-11)18-14(21)15(22)19-17-9-10-4-1-2-7-13(10)20/h1-9,20H,(H,18,21)(H,19,22). The first-order valence-electron chi connectivity index (χ1n) is 6.24. The van der Waals surface area contributed by atoms with Gasteiger partial charge in [-0.2, -0.15) is 5.10 Å². The highest BCUT2D eigenvalue weighted by Gasteiger charge is 2.13. The Hall–Kier alpha value is -3.22. The molecule has 0 atom stereocenters. The summed E-state index contributed by atoms with van der Waals surface area (Å²) in [6, 6.07) is 11.5. The summed E-state index contributed by atoms with van der Waals surface area (Å²) in [5.74, 6) is -2.54. The molecule has 22 heavy (non-hydrogen) atoms. The summed E-state index contributed by atoms with van der Waals surface area (Å²) in [4.78, 5) is 23.1. The SMILES string of the molecule is O=C(NN=Cc1ccccc1O)C(=O)Nc1cccc(F)c1. The molecule has 0 saturated carbocycles. The van der Waals surface area contributed by atoms with Gasteiger partial charge in [-0.3, -0.25) is 9.59 Å². The van der Waals surface area contributed by atoms with Crippen molar-refractivity contribution in [2.75, 3.05) is 5.32 Å². The van der Waals surface area contributed by atoms with Gasteiger partial charge in [0.1, 0.15) is 11.6 Å². The first-order chi connectivity index (χ1) is 10.6. The zero-order valence-corrected chi connectivity index (χ0v) is 11.3. The van der Waals surface area contributed by atoms with E-state index in [1.165, 1.54) is 30.5 Å². The summed E-state index contributed by atoms with van der Waals surface area (Å²) < 4.78 is 12.9. The first kappa shape index (κ1) is 15.2. The first-order valence-corrected chi connectivity index (χ1v) is 6.24. The van der Waals surface area contributed by atoms with E-state index in [1.54, 1.807) is 18.2 Å². The number of benzene rings is 2. The molecule has 7 heteroatoms. The molecule has 0 bridgehead atoms. The number of hydrogen-bond donors (Lipinski definition) is 3. The van der Waals surface area contributed by atoms with Crippen molar-refractivity contribution < 1.29 is 19.1 Å². The molecule has 0 heterocycles. The van der Waals surface area contributed by atoms with Gasteiger partial charge >= 0.3 is 11.8 Å². The molecule has 112 valence electrons. The maximum Gasteiger partial charge on any atom is 0.329 e. The zero-order valence-electron chi connectivity index (χ0n) is 11.3. The van der Waals surface area contributed by atoms with E-state index in [-0.39, 0.29) is 11.4 Å². The number of rotatable bonds is 3. The molecule has 0 aliphatic rings. The number of carbonyl (C=O) groups excluding carboxylic acids is 2. The molecular weight excluding hydrogens is 289 g/mol. The highest BCUT2D eigenvalue weighted by atomic mass is 19.1. The Bertz CT molecular complexity index is 731. The van der Waals surface area contributed by atoms with Crippen molar-refractivity contribution in [3.8, 4) is 5.75 Å². The summed E-state index contributed by atoms with van der Waals surface area (Å²) >= 11 is 0. The molecule has 0 aliphatic carbocycles. The second kappa shape index (κ2) is 6.98. The van der Waals surface area contributed by atoms with Crippen molar-refractivity contribution in [2.45, 2.75) is 0 Å². The van der Waals surface area contributed by atoms with Gasteiger partial charge < -0.3 is 10.4 Å². The predicted molar refractivity (Wildman–Crippen MR) is 78.9 cm³/mol. The molecule has 0 unspecified atom stereocenters. The van der Waals surface area contributed by atoms with Gasteiger partial charge in [0.25, 0.3) is 0 Å². The highest BCUT2D eigenvalue weighted by Crippen LogP contribution is 2.12. The molecule has 0 radical (unpaired) electrons. The van der Waals surface area contributed by atoms with Crippen molar-refractivity contribution >= 4 is 23.7 Å². The predicted octanol–water partition coefficient (Wildman–Crippen LogP) is 1.62. The van der Waals surface area contributed by atoms with Crippen LogP contribution in [0.15, 0.2) is 53.6 Å². The van der Waals surface area contributed by atoms with Crippen LogP contribution in [0.25, 0.3) is 0 Å². The highest BCUT2D eigenvalue weighted by molar-refractivity contribution is 6.39. The van der Waals surface area contributed by atoms with Crippen LogP contribution < -0.4 is 10.7 Å². The summed E-state index contributed by atoms with van der Waals surface area (Å²) in [5, 5.41) is 15.3. The van der Waals surface area contributed by atoms with Crippen molar-refractivity contribution in [3.05, 3.63) is 59.9 Å². The third kappa shape index (κ3) is 4.14. The number of anilines is 1. The average Bonchev–Trinajstić information content (AvgIpc) is 2.49. The van der Waals surface area contributed by atoms with Crippen LogP contribution in [0.5, 0.6) is 5.75 Å². The number of carbonyl (C=O) groups is 2. The molecule has 0 fully saturated rings. The molecule has 3 N–H and O–H groups in total. The zero-order chi connectivity index (χ0) is 15.9. The van der Waals surface area contributed by atoms with Gasteiger partial charge in [-0.25, -0.2) is 9.82 Å². The lowest BCUT2D eigenvalue weighted by molar-refractivity contribution is -0.136. The van der Waals surface area contributed by atoms with Crippen molar-refractivity contribution in [2.24, 2.45) is 5.10 Å². The van der Waals surface area contributed by atoms with Gasteiger partial charge in [-0.05, 0) is 30.3 Å². The van der Waals surface area contributed by atoms with Crippen LogP contribution in [0.1, 0.15) is 5.56 Å². The maximum absolute atomic E-state index is 12.9. The van der Waals surface area contributed by atoms with Crippen LogP contribution >= 0.6 is 0 Å². The Labute approximate surface area is 125 Å². The Morgan fingerprint density at radius 3 is 2.59 bits per heavy atom. The second-order valence-electron chi connectivity index (χ2n) is 4.22. The molecule has 2 amide bonds. The molecule has 0 aromatic heterocycles. The minimum Gasteiger partial charge on any atom is -0.507 e. The van der Waals surface area contributed by atoms with Gasteiger partial charge in [0, 0.05) is 11.3 Å². The van der Waals surface area contributed by atoms with Crippen molar-refractivity contribution in [1.29, 1.82) is 0 Å². The van der Waals surface area contributed by atoms with E-state index in [9.17, 15) is 19.1 Å². The molecule has 0 aliphatic heterocycles. The minimum atomic E-state index is -1.02. The van der Waals surface area contributed by atoms with Gasteiger partial charge in [0.2, 0.25) is 0 Å². The van der Waals surface area contributed by atoms with E-state index >= 15 is 0 Å². The number of para-hydroxylation sites is 1. The maximum atomic E-state index is 12.9. The summed E-state index contributed by atoms with van der Waals surface area (Å²) in [6.07, 6.45) is 1.20. The van der Waals surface area contributed by atoms with Gasteiger partial charge in [0.05, 0.1) is 6.21 Å². The topological polar surface area (TPSA) is 90.8 Å². The second-order valence-corrected chi connectivity index (χ2v) is 4.22. The van der Waals surface area contributed by atoms with Crippen LogP contribution in [0, 0.1) is 5.82 Å². The number of phenols is 1. The number of phenolic OH excluding ortho intramolecular Hbond substituents is 1. The summed E-state index contributed by atoms with van der Waals surface area (Å²) in [7, 11) is 0. The smallest absolute Gasteiger partial charge is 0.329 e. The van der Waals surface area contributed by atoms with Crippen molar-refractivity contribution in [1.82, 2.24) is 5.43 Å². The van der Waals surface area contributed by atoms with E-state index < -0.39 is 17.6 Å². The Morgan fingerprint density at radius 1 is 1.09 bits per heavy atom. The largest absolute Gasteiger partial charge is 0.507 e. The lowest BCUT2D eigenvalue weighted by Crippen LogP contribution is -2.32. The monoisotopic (exact) mass is 301 g/mol. The van der Waals surface area contributed by atoms with Gasteiger partial charge in [-0.1, -0.05) is 18.2 Å². The lowest BCUT2D eigenvalue weighted by atomic mass is 10.2. The van der Waals surface area contributed by atoms with Gasteiger partial charge in [0.15, 0.2) is 0 Å². The third-order valence-corrected chi connectivity index (χ3v) is 2.60. The van der Waals surface area contributed by atoms with Crippen molar-refractivity contribution in [3.63, 3.8) is 0 Å². The fraction of sp³-hybridized carbons (Fsp3) is 0. The summed E-state index contributed by atoms with van der Waals surface area (Å²) in [5.41, 5.74) is 2.55. The van der Waals surface area contributed by atoms with E-state index in [0.29, 0.717) is 5.56 Å². The molecule has 6 nitrogen and oxygen atoms in total. The molecule has 2 aromatic carbocycles. The number of amides is 2. The Kier molecular flexibility index (Phi) is 4.81. The van der Waals surface area contributed by atoms with E-state index in [0.717, 1.165) is 6.07 Å². The van der Waals surface area contributed by atoms with Crippen LogP contribution in [-0.4, -0.2) is 23.1 Å². The molecular formula is C15H12FN3O3. The molecule has 2 rings (SSSR count). The fourth-order valence-electron chi connectivity index (χ4n) is 1.56. The Morgan fingerprint density at radius 2 is 1.86 bits per heavy atom. The van der Waals surface area contributed by atoms with E-state index in [4.69, 9.17) is 0 Å². The number of halogens is 1. The fourth-order valence-corrected chi connectivity index (χ4v) is 1.56. The summed E-state index contributed by atoms with van der Waals surface area (Å²) in [6.45, 7) is 0. The minimum absolute atomic E-state index is 0.00953. The van der Waals surface area contributed by atoms with E-state index in [1.807, 2.05) is 5.43 Å². The normalized spacial score (nSPS) is 10.4. The lowest BCUT2D eigenvalue weighted by Gasteiger charge is -2.03. The number of nitrogens with zero attached hydrogens (tertiary/aromatic N) is 1. The van der Waals surface area contributed by atoms with Crippen LogP contribution in [0.2, 0.25) is 0 Å². The van der Waals surface area contributed by atoms with Crippen LogP contribution in [0.3, 0.4) is 0 Å². The van der Waals surface area contributed by atoms with Crippen LogP contribution in [0.4, 0.5) is 10.1 Å². The molecule has 2 aromatic rings. The number of hydrogen-bond acceptors (Lipinski definition) is 4. The van der Waals surface area contributed by atoms with E-state index in [2.05, 4.69) is 10.4 Å². The average molecular weight is 301 g/mol. The quantitative estimate of drug-likeness (QED) is 0.457. The number of hydrazone groups is 1. The Balaban J connectivity index is 1.92. The molecule has 0 spiro atoms. The van der Waals surface area contributed by atoms with Gasteiger partial charge in [-0.15, -0.1) is 0 Å².